The summed E-state index contributed by atoms with van der Waals surface area (Å²) in [4.78, 5) is 5.01. The molecule has 4 heteroatoms. The minimum Gasteiger partial charge on any atom is -0.493 e. The second kappa shape index (κ2) is 6.46. The Morgan fingerprint density at radius 2 is 2.00 bits per heavy atom. The van der Waals surface area contributed by atoms with Gasteiger partial charge in [-0.3, -0.25) is 4.90 Å². The molecular formula is C16H25N3O. The zero-order chi connectivity index (χ0) is 13.8. The first-order chi connectivity index (χ1) is 9.86. The molecule has 0 amide bonds. The van der Waals surface area contributed by atoms with Crippen molar-refractivity contribution in [2.24, 2.45) is 5.73 Å². The van der Waals surface area contributed by atoms with E-state index in [1.165, 1.54) is 11.3 Å². The summed E-state index contributed by atoms with van der Waals surface area (Å²) in [6.45, 7) is 7.33. The van der Waals surface area contributed by atoms with Gasteiger partial charge in [0.25, 0.3) is 0 Å². The van der Waals surface area contributed by atoms with Gasteiger partial charge in [0, 0.05) is 31.9 Å². The van der Waals surface area contributed by atoms with Crippen molar-refractivity contribution in [3.63, 3.8) is 0 Å². The van der Waals surface area contributed by atoms with E-state index in [0.717, 1.165) is 70.9 Å². The molecule has 0 spiro atoms. The molecule has 0 aromatic heterocycles. The molecule has 0 saturated carbocycles. The molecule has 2 N–H and O–H groups in total. The Hall–Kier alpha value is -1.26. The van der Waals surface area contributed by atoms with Crippen LogP contribution < -0.4 is 15.4 Å². The van der Waals surface area contributed by atoms with Gasteiger partial charge < -0.3 is 15.4 Å². The molecular weight excluding hydrogens is 250 g/mol. The summed E-state index contributed by atoms with van der Waals surface area (Å²) in [7, 11) is 0. The zero-order valence-corrected chi connectivity index (χ0v) is 12.2. The summed E-state index contributed by atoms with van der Waals surface area (Å²) in [5.74, 6) is 1.08. The first kappa shape index (κ1) is 13.7. The topological polar surface area (TPSA) is 41.7 Å². The smallest absolute Gasteiger partial charge is 0.122 e. The van der Waals surface area contributed by atoms with Crippen LogP contribution in [0, 0.1) is 0 Å². The standard InChI is InChI=1S/C16H25N3O/c17-6-2-7-18-8-10-19(11-9-18)15-4-5-16-14(13-15)3-1-12-20-16/h4-5,13H,1-3,6-12,17H2. The van der Waals surface area contributed by atoms with Gasteiger partial charge in [-0.1, -0.05) is 0 Å². The van der Waals surface area contributed by atoms with E-state index in [1.807, 2.05) is 0 Å². The highest BCUT2D eigenvalue weighted by atomic mass is 16.5. The number of rotatable bonds is 4. The fraction of sp³-hybridized carbons (Fsp3) is 0.625. The van der Waals surface area contributed by atoms with Crippen molar-refractivity contribution in [2.75, 3.05) is 50.8 Å². The first-order valence-electron chi connectivity index (χ1n) is 7.80. The molecule has 1 saturated heterocycles. The van der Waals surface area contributed by atoms with Crippen LogP contribution in [-0.4, -0.2) is 50.8 Å². The van der Waals surface area contributed by atoms with E-state index in [9.17, 15) is 0 Å². The molecule has 1 fully saturated rings. The highest BCUT2D eigenvalue weighted by molar-refractivity contribution is 5.54. The van der Waals surface area contributed by atoms with Crippen LogP contribution in [0.4, 0.5) is 5.69 Å². The molecule has 2 heterocycles. The van der Waals surface area contributed by atoms with E-state index in [-0.39, 0.29) is 0 Å². The number of fused-ring (bicyclic) bond motifs is 1. The lowest BCUT2D eigenvalue weighted by atomic mass is 10.0. The number of benzene rings is 1. The molecule has 0 radical (unpaired) electrons. The van der Waals surface area contributed by atoms with Gasteiger partial charge in [-0.25, -0.2) is 0 Å². The summed E-state index contributed by atoms with van der Waals surface area (Å²) in [5.41, 5.74) is 8.31. The molecule has 1 aromatic rings. The second-order valence-corrected chi connectivity index (χ2v) is 5.71. The Morgan fingerprint density at radius 1 is 1.15 bits per heavy atom. The van der Waals surface area contributed by atoms with Gasteiger partial charge >= 0.3 is 0 Å². The molecule has 0 bridgehead atoms. The van der Waals surface area contributed by atoms with Crippen molar-refractivity contribution in [1.29, 1.82) is 0 Å². The summed E-state index contributed by atoms with van der Waals surface area (Å²) < 4.78 is 5.69. The maximum absolute atomic E-state index is 5.69. The van der Waals surface area contributed by atoms with Crippen LogP contribution in [0.3, 0.4) is 0 Å². The van der Waals surface area contributed by atoms with E-state index in [0.29, 0.717) is 0 Å². The highest BCUT2D eigenvalue weighted by Crippen LogP contribution is 2.29. The Kier molecular flexibility index (Phi) is 4.43. The summed E-state index contributed by atoms with van der Waals surface area (Å²) in [6.07, 6.45) is 3.40. The molecule has 0 atom stereocenters. The SMILES string of the molecule is NCCCN1CCN(c2ccc3c(c2)CCCO3)CC1. The van der Waals surface area contributed by atoms with Crippen LogP contribution in [0.15, 0.2) is 18.2 Å². The number of aryl methyl sites for hydroxylation is 1. The highest BCUT2D eigenvalue weighted by Gasteiger charge is 2.18. The predicted octanol–water partition coefficient (Wildman–Crippen LogP) is 1.48. The van der Waals surface area contributed by atoms with Gasteiger partial charge in [0.15, 0.2) is 0 Å². The van der Waals surface area contributed by atoms with E-state index in [1.54, 1.807) is 0 Å². The summed E-state index contributed by atoms with van der Waals surface area (Å²) in [5, 5.41) is 0. The minimum absolute atomic E-state index is 0.797. The number of nitrogens with zero attached hydrogens (tertiary/aromatic N) is 2. The van der Waals surface area contributed by atoms with Crippen LogP contribution in [0.5, 0.6) is 5.75 Å². The Labute approximate surface area is 121 Å². The molecule has 1 aromatic carbocycles. The molecule has 20 heavy (non-hydrogen) atoms. The van der Waals surface area contributed by atoms with Gasteiger partial charge in [0.2, 0.25) is 0 Å². The average Bonchev–Trinajstić information content (AvgIpc) is 2.53. The number of anilines is 1. The Balaban J connectivity index is 1.60. The maximum atomic E-state index is 5.69. The number of ether oxygens (including phenoxy) is 1. The van der Waals surface area contributed by atoms with Crippen molar-refractivity contribution >= 4 is 5.69 Å². The molecule has 0 aliphatic carbocycles. The summed E-state index contributed by atoms with van der Waals surface area (Å²) in [6, 6.07) is 6.67. The Morgan fingerprint density at radius 3 is 2.80 bits per heavy atom. The van der Waals surface area contributed by atoms with E-state index in [2.05, 4.69) is 28.0 Å². The van der Waals surface area contributed by atoms with E-state index >= 15 is 0 Å². The maximum Gasteiger partial charge on any atom is 0.122 e. The molecule has 3 rings (SSSR count). The van der Waals surface area contributed by atoms with Crippen LogP contribution in [0.1, 0.15) is 18.4 Å². The van der Waals surface area contributed by atoms with E-state index in [4.69, 9.17) is 10.5 Å². The fourth-order valence-electron chi connectivity index (χ4n) is 3.09. The first-order valence-corrected chi connectivity index (χ1v) is 7.80. The third-order valence-corrected chi connectivity index (χ3v) is 4.31. The van der Waals surface area contributed by atoms with Crippen molar-refractivity contribution in [3.8, 4) is 5.75 Å². The largest absolute Gasteiger partial charge is 0.493 e. The monoisotopic (exact) mass is 275 g/mol. The molecule has 2 aliphatic heterocycles. The number of hydrogen-bond acceptors (Lipinski definition) is 4. The fourth-order valence-corrected chi connectivity index (χ4v) is 3.09. The van der Waals surface area contributed by atoms with Gasteiger partial charge in [-0.05, 0) is 56.1 Å². The molecule has 2 aliphatic rings. The lowest BCUT2D eigenvalue weighted by Crippen LogP contribution is -2.46. The molecule has 4 nitrogen and oxygen atoms in total. The summed E-state index contributed by atoms with van der Waals surface area (Å²) >= 11 is 0. The van der Waals surface area contributed by atoms with Crippen molar-refractivity contribution in [3.05, 3.63) is 23.8 Å². The van der Waals surface area contributed by atoms with Gasteiger partial charge in [-0.2, -0.15) is 0 Å². The second-order valence-electron chi connectivity index (χ2n) is 5.71. The average molecular weight is 275 g/mol. The third-order valence-electron chi connectivity index (χ3n) is 4.31. The van der Waals surface area contributed by atoms with Crippen molar-refractivity contribution < 1.29 is 4.74 Å². The van der Waals surface area contributed by atoms with Crippen LogP contribution in [0.25, 0.3) is 0 Å². The minimum atomic E-state index is 0.797. The van der Waals surface area contributed by atoms with Crippen LogP contribution in [-0.2, 0) is 6.42 Å². The van der Waals surface area contributed by atoms with Crippen LogP contribution in [0.2, 0.25) is 0 Å². The lowest BCUT2D eigenvalue weighted by molar-refractivity contribution is 0.256. The lowest BCUT2D eigenvalue weighted by Gasteiger charge is -2.36. The number of nitrogens with two attached hydrogens (primary N) is 1. The van der Waals surface area contributed by atoms with Crippen molar-refractivity contribution in [1.82, 2.24) is 4.90 Å². The van der Waals surface area contributed by atoms with Crippen molar-refractivity contribution in [2.45, 2.75) is 19.3 Å². The van der Waals surface area contributed by atoms with E-state index < -0.39 is 0 Å². The zero-order valence-electron chi connectivity index (χ0n) is 12.2. The molecule has 110 valence electrons. The molecule has 0 unspecified atom stereocenters. The third kappa shape index (κ3) is 3.07. The predicted molar refractivity (Wildman–Crippen MR) is 82.6 cm³/mol. The van der Waals surface area contributed by atoms with Gasteiger partial charge in [-0.15, -0.1) is 0 Å². The van der Waals surface area contributed by atoms with Crippen LogP contribution >= 0.6 is 0 Å². The number of piperazine rings is 1. The quantitative estimate of drug-likeness (QED) is 0.904. The number of hydrogen-bond donors (Lipinski definition) is 1. The van der Waals surface area contributed by atoms with Gasteiger partial charge in [0.05, 0.1) is 6.61 Å². The normalized spacial score (nSPS) is 19.6. The Bertz CT molecular complexity index is 441. The van der Waals surface area contributed by atoms with Gasteiger partial charge in [0.1, 0.15) is 5.75 Å².